The van der Waals surface area contributed by atoms with Crippen molar-refractivity contribution in [2.75, 3.05) is 5.32 Å². The van der Waals surface area contributed by atoms with Gasteiger partial charge in [0.25, 0.3) is 11.5 Å². The first-order chi connectivity index (χ1) is 12.5. The van der Waals surface area contributed by atoms with Crippen LogP contribution in [0.1, 0.15) is 21.6 Å². The van der Waals surface area contributed by atoms with Crippen LogP contribution in [0.2, 0.25) is 5.02 Å². The molecule has 0 unspecified atom stereocenters. The molecule has 0 bridgehead atoms. The first kappa shape index (κ1) is 17.7. The summed E-state index contributed by atoms with van der Waals surface area (Å²) < 4.78 is 1.04. The molecule has 0 aliphatic rings. The second-order valence-corrected chi connectivity index (χ2v) is 6.17. The molecule has 3 aromatic rings. The molecule has 2 N–H and O–H groups in total. The summed E-state index contributed by atoms with van der Waals surface area (Å²) in [4.78, 5) is 39.4. The summed E-state index contributed by atoms with van der Waals surface area (Å²) in [5.74, 6) is -0.587. The third kappa shape index (κ3) is 3.75. The lowest BCUT2D eigenvalue weighted by Crippen LogP contribution is -2.37. The van der Waals surface area contributed by atoms with Gasteiger partial charge in [0.1, 0.15) is 5.69 Å². The Morgan fingerprint density at radius 2 is 1.85 bits per heavy atom. The minimum atomic E-state index is -0.644. The van der Waals surface area contributed by atoms with Gasteiger partial charge in [0, 0.05) is 16.8 Å². The zero-order chi connectivity index (χ0) is 18.7. The van der Waals surface area contributed by atoms with Gasteiger partial charge in [-0.15, -0.1) is 0 Å². The normalized spacial score (nSPS) is 10.5. The highest BCUT2D eigenvalue weighted by atomic mass is 35.5. The van der Waals surface area contributed by atoms with Crippen LogP contribution < -0.4 is 16.6 Å². The van der Waals surface area contributed by atoms with Crippen LogP contribution in [-0.2, 0) is 6.54 Å². The number of benzene rings is 2. The zero-order valence-electron chi connectivity index (χ0n) is 14.0. The van der Waals surface area contributed by atoms with Crippen LogP contribution in [0, 0.1) is 6.92 Å². The molecule has 3 rings (SSSR count). The van der Waals surface area contributed by atoms with Crippen molar-refractivity contribution in [2.24, 2.45) is 0 Å². The van der Waals surface area contributed by atoms with E-state index in [1.54, 1.807) is 25.1 Å². The number of carbonyl (C=O) groups is 1. The molecule has 0 saturated heterocycles. The van der Waals surface area contributed by atoms with E-state index in [9.17, 15) is 14.4 Å². The highest BCUT2D eigenvalue weighted by Crippen LogP contribution is 2.23. The molecule has 0 aliphatic heterocycles. The number of aromatic amines is 1. The van der Waals surface area contributed by atoms with E-state index in [-0.39, 0.29) is 12.2 Å². The van der Waals surface area contributed by atoms with Crippen LogP contribution in [0.5, 0.6) is 0 Å². The number of hydrogen-bond donors (Lipinski definition) is 2. The molecule has 1 aromatic heterocycles. The van der Waals surface area contributed by atoms with Crippen molar-refractivity contribution in [3.63, 3.8) is 0 Å². The van der Waals surface area contributed by atoms with Crippen LogP contribution in [0.25, 0.3) is 0 Å². The van der Waals surface area contributed by atoms with Crippen molar-refractivity contribution in [3.8, 4) is 0 Å². The summed E-state index contributed by atoms with van der Waals surface area (Å²) in [6, 6.07) is 15.3. The van der Waals surface area contributed by atoms with Gasteiger partial charge in [-0.25, -0.2) is 4.79 Å². The summed E-state index contributed by atoms with van der Waals surface area (Å²) in [6.45, 7) is 1.89. The van der Waals surface area contributed by atoms with Crippen molar-refractivity contribution in [2.45, 2.75) is 13.5 Å². The van der Waals surface area contributed by atoms with Crippen LogP contribution in [0.15, 0.2) is 64.2 Å². The van der Waals surface area contributed by atoms with Crippen LogP contribution in [0.3, 0.4) is 0 Å². The summed E-state index contributed by atoms with van der Waals surface area (Å²) >= 11 is 6.03. The van der Waals surface area contributed by atoms with E-state index in [4.69, 9.17) is 11.6 Å². The van der Waals surface area contributed by atoms with Gasteiger partial charge in [0.15, 0.2) is 0 Å². The van der Waals surface area contributed by atoms with E-state index in [0.29, 0.717) is 16.3 Å². The minimum Gasteiger partial charge on any atom is -0.320 e. The van der Waals surface area contributed by atoms with E-state index in [1.807, 2.05) is 30.3 Å². The smallest absolute Gasteiger partial charge is 0.320 e. The number of H-pyrrole nitrogens is 1. The van der Waals surface area contributed by atoms with Crippen molar-refractivity contribution in [1.29, 1.82) is 0 Å². The largest absolute Gasteiger partial charge is 0.329 e. The van der Waals surface area contributed by atoms with Crippen molar-refractivity contribution >= 4 is 23.2 Å². The molecular weight excluding hydrogens is 354 g/mol. The second kappa shape index (κ2) is 7.41. The fourth-order valence-electron chi connectivity index (χ4n) is 2.49. The van der Waals surface area contributed by atoms with E-state index in [2.05, 4.69) is 10.3 Å². The molecular formula is C19H16ClN3O3. The second-order valence-electron chi connectivity index (χ2n) is 5.76. The standard InChI is InChI=1S/C19H16ClN3O3/c1-12-14(20)8-5-9-15(12)21-18(25)16-10-17(24)23(19(26)22-16)11-13-6-3-2-4-7-13/h2-10H,11H2,1H3,(H,21,25)(H,22,26). The Labute approximate surface area is 154 Å². The summed E-state index contributed by atoms with van der Waals surface area (Å²) in [5.41, 5.74) is 0.717. The molecule has 1 heterocycles. The number of nitrogens with zero attached hydrogens (tertiary/aromatic N) is 1. The lowest BCUT2D eigenvalue weighted by atomic mass is 10.2. The third-order valence-electron chi connectivity index (χ3n) is 3.96. The topological polar surface area (TPSA) is 84.0 Å². The van der Waals surface area contributed by atoms with Crippen molar-refractivity contribution < 1.29 is 4.79 Å². The molecule has 6 nitrogen and oxygen atoms in total. The predicted molar refractivity (Wildman–Crippen MR) is 101 cm³/mol. The Morgan fingerprint density at radius 3 is 2.54 bits per heavy atom. The first-order valence-corrected chi connectivity index (χ1v) is 8.28. The molecule has 132 valence electrons. The molecule has 0 radical (unpaired) electrons. The molecule has 0 saturated carbocycles. The van der Waals surface area contributed by atoms with E-state index >= 15 is 0 Å². The molecule has 0 fully saturated rings. The van der Waals surface area contributed by atoms with Gasteiger partial charge in [-0.2, -0.15) is 0 Å². The Kier molecular flexibility index (Phi) is 5.04. The Bertz CT molecular complexity index is 1040. The van der Waals surface area contributed by atoms with Crippen LogP contribution in [0.4, 0.5) is 5.69 Å². The van der Waals surface area contributed by atoms with Gasteiger partial charge < -0.3 is 10.3 Å². The Balaban J connectivity index is 1.88. The van der Waals surface area contributed by atoms with Gasteiger partial charge >= 0.3 is 5.69 Å². The van der Waals surface area contributed by atoms with Gasteiger partial charge in [-0.05, 0) is 30.2 Å². The number of aromatic nitrogens is 2. The summed E-state index contributed by atoms with van der Waals surface area (Å²) in [6.07, 6.45) is 0. The highest BCUT2D eigenvalue weighted by molar-refractivity contribution is 6.31. The molecule has 0 aliphatic carbocycles. The van der Waals surface area contributed by atoms with Gasteiger partial charge in [-0.3, -0.25) is 14.2 Å². The molecule has 0 spiro atoms. The maximum Gasteiger partial charge on any atom is 0.329 e. The van der Waals surface area contributed by atoms with Crippen molar-refractivity contribution in [1.82, 2.24) is 9.55 Å². The highest BCUT2D eigenvalue weighted by Gasteiger charge is 2.13. The molecule has 0 atom stereocenters. The van der Waals surface area contributed by atoms with Crippen LogP contribution >= 0.6 is 11.6 Å². The quantitative estimate of drug-likeness (QED) is 0.741. The van der Waals surface area contributed by atoms with Gasteiger partial charge in [0.05, 0.1) is 6.54 Å². The number of halogens is 1. The maximum absolute atomic E-state index is 12.4. The third-order valence-corrected chi connectivity index (χ3v) is 4.37. The maximum atomic E-state index is 12.4. The van der Waals surface area contributed by atoms with Gasteiger partial charge in [0.2, 0.25) is 0 Å². The van der Waals surface area contributed by atoms with E-state index in [1.165, 1.54) is 0 Å². The molecule has 7 heteroatoms. The predicted octanol–water partition coefficient (Wildman–Crippen LogP) is 2.80. The number of anilines is 1. The Hall–Kier alpha value is -3.12. The SMILES string of the molecule is Cc1c(Cl)cccc1NC(=O)c1cc(=O)n(Cc2ccccc2)c(=O)[nH]1. The number of nitrogens with one attached hydrogen (secondary N) is 2. The monoisotopic (exact) mass is 369 g/mol. The van der Waals surface area contributed by atoms with Crippen molar-refractivity contribution in [3.05, 3.63) is 97.3 Å². The summed E-state index contributed by atoms with van der Waals surface area (Å²) in [5, 5.41) is 3.16. The molecule has 2 aromatic carbocycles. The average Bonchev–Trinajstić information content (AvgIpc) is 2.62. The minimum absolute atomic E-state index is 0.108. The van der Waals surface area contributed by atoms with Gasteiger partial charge in [-0.1, -0.05) is 48.0 Å². The number of hydrogen-bond acceptors (Lipinski definition) is 3. The fraction of sp³-hybridized carbons (Fsp3) is 0.105. The average molecular weight is 370 g/mol. The molecule has 26 heavy (non-hydrogen) atoms. The Morgan fingerprint density at radius 1 is 1.12 bits per heavy atom. The lowest BCUT2D eigenvalue weighted by Gasteiger charge is -2.10. The number of amides is 1. The summed E-state index contributed by atoms with van der Waals surface area (Å²) in [7, 11) is 0. The number of carbonyl (C=O) groups excluding carboxylic acids is 1. The fourth-order valence-corrected chi connectivity index (χ4v) is 2.67. The number of rotatable bonds is 4. The first-order valence-electron chi connectivity index (χ1n) is 7.90. The van der Waals surface area contributed by atoms with Crippen LogP contribution in [-0.4, -0.2) is 15.5 Å². The van der Waals surface area contributed by atoms with E-state index < -0.39 is 17.2 Å². The van der Waals surface area contributed by atoms with E-state index in [0.717, 1.165) is 16.2 Å². The zero-order valence-corrected chi connectivity index (χ0v) is 14.7. The molecule has 1 amide bonds. The lowest BCUT2D eigenvalue weighted by molar-refractivity contribution is 0.102.